The Labute approximate surface area is 119 Å². The predicted octanol–water partition coefficient (Wildman–Crippen LogP) is 3.73. The van der Waals surface area contributed by atoms with Crippen molar-refractivity contribution in [1.82, 2.24) is 0 Å². The van der Waals surface area contributed by atoms with Gasteiger partial charge in [0.05, 0.1) is 11.3 Å². The topological polar surface area (TPSA) is 40.5 Å². The van der Waals surface area contributed by atoms with Crippen molar-refractivity contribution in [2.75, 3.05) is 17.7 Å². The number of aromatic carboxylic acids is 1. The van der Waals surface area contributed by atoms with E-state index in [4.69, 9.17) is 0 Å². The van der Waals surface area contributed by atoms with Crippen LogP contribution >= 0.6 is 11.8 Å². The van der Waals surface area contributed by atoms with Crippen LogP contribution in [0.15, 0.2) is 23.1 Å². The Kier molecular flexibility index (Phi) is 4.40. The fourth-order valence-electron chi connectivity index (χ4n) is 2.77. The molecule has 1 N–H and O–H groups in total. The fraction of sp³-hybridized carbons (Fsp3) is 0.533. The van der Waals surface area contributed by atoms with Crippen molar-refractivity contribution in [1.29, 1.82) is 0 Å². The monoisotopic (exact) mass is 279 g/mol. The van der Waals surface area contributed by atoms with E-state index in [1.807, 2.05) is 24.5 Å². The van der Waals surface area contributed by atoms with Crippen LogP contribution in [-0.4, -0.2) is 29.9 Å². The minimum absolute atomic E-state index is 0.409. The average molecular weight is 279 g/mol. The van der Waals surface area contributed by atoms with Gasteiger partial charge in [-0.25, -0.2) is 4.79 Å². The molecule has 104 valence electrons. The van der Waals surface area contributed by atoms with Gasteiger partial charge in [0.15, 0.2) is 0 Å². The van der Waals surface area contributed by atoms with Gasteiger partial charge >= 0.3 is 5.97 Å². The number of anilines is 1. The van der Waals surface area contributed by atoms with Crippen LogP contribution in [0.25, 0.3) is 0 Å². The first-order chi connectivity index (χ1) is 9.04. The average Bonchev–Trinajstić information content (AvgIpc) is 2.40. The van der Waals surface area contributed by atoms with E-state index in [0.717, 1.165) is 23.5 Å². The maximum Gasteiger partial charge on any atom is 0.338 e. The third kappa shape index (κ3) is 2.89. The molecule has 1 aromatic rings. The van der Waals surface area contributed by atoms with Crippen LogP contribution in [0.5, 0.6) is 0 Å². The quantitative estimate of drug-likeness (QED) is 0.856. The Bertz CT molecular complexity index is 475. The molecule has 1 fully saturated rings. The number of nitrogens with zero attached hydrogens (tertiary/aromatic N) is 1. The summed E-state index contributed by atoms with van der Waals surface area (Å²) in [5.74, 6) is -0.207. The van der Waals surface area contributed by atoms with Crippen LogP contribution < -0.4 is 4.90 Å². The molecule has 2 unspecified atom stereocenters. The summed E-state index contributed by atoms with van der Waals surface area (Å²) in [6.45, 7) is 5.36. The number of carboxylic acid groups (broad SMARTS) is 1. The Balaban J connectivity index is 2.46. The van der Waals surface area contributed by atoms with Gasteiger partial charge in [-0.05, 0) is 44.1 Å². The number of benzene rings is 1. The molecule has 0 spiro atoms. The Morgan fingerprint density at radius 1 is 1.37 bits per heavy atom. The molecule has 19 heavy (non-hydrogen) atoms. The molecule has 0 saturated carbocycles. The highest BCUT2D eigenvalue weighted by molar-refractivity contribution is 7.98. The van der Waals surface area contributed by atoms with Crippen molar-refractivity contribution in [3.8, 4) is 0 Å². The van der Waals surface area contributed by atoms with E-state index < -0.39 is 5.97 Å². The lowest BCUT2D eigenvalue weighted by molar-refractivity contribution is 0.0693. The molecule has 2 rings (SSSR count). The lowest BCUT2D eigenvalue weighted by Gasteiger charge is -2.39. The van der Waals surface area contributed by atoms with Gasteiger partial charge in [0.1, 0.15) is 0 Å². The van der Waals surface area contributed by atoms with E-state index in [2.05, 4.69) is 18.7 Å². The molecule has 1 saturated heterocycles. The van der Waals surface area contributed by atoms with Gasteiger partial charge in [0, 0.05) is 17.5 Å². The van der Waals surface area contributed by atoms with Crippen LogP contribution in [0.2, 0.25) is 0 Å². The molecule has 1 heterocycles. The number of hydrogen-bond donors (Lipinski definition) is 1. The summed E-state index contributed by atoms with van der Waals surface area (Å²) in [7, 11) is 0. The van der Waals surface area contributed by atoms with E-state index in [1.54, 1.807) is 0 Å². The lowest BCUT2D eigenvalue weighted by atomic mass is 9.93. The number of carbonyl (C=O) groups is 1. The zero-order valence-corrected chi connectivity index (χ0v) is 12.5. The van der Waals surface area contributed by atoms with Crippen LogP contribution in [0.1, 0.15) is 37.0 Å². The molecular weight excluding hydrogens is 258 g/mol. The van der Waals surface area contributed by atoms with Gasteiger partial charge < -0.3 is 10.0 Å². The fourth-order valence-corrected chi connectivity index (χ4v) is 3.38. The van der Waals surface area contributed by atoms with Crippen LogP contribution in [0.4, 0.5) is 5.69 Å². The Morgan fingerprint density at radius 2 is 2.11 bits per heavy atom. The molecular formula is C15H21NO2S. The predicted molar refractivity (Wildman–Crippen MR) is 80.4 cm³/mol. The van der Waals surface area contributed by atoms with Crippen molar-refractivity contribution >= 4 is 23.4 Å². The van der Waals surface area contributed by atoms with E-state index in [1.165, 1.54) is 18.2 Å². The van der Waals surface area contributed by atoms with Crippen LogP contribution in [-0.2, 0) is 0 Å². The molecule has 0 aliphatic carbocycles. The molecule has 0 amide bonds. The number of piperidine rings is 1. The zero-order chi connectivity index (χ0) is 14.0. The van der Waals surface area contributed by atoms with Gasteiger partial charge in [0.2, 0.25) is 0 Å². The molecule has 2 atom stereocenters. The summed E-state index contributed by atoms with van der Waals surface area (Å²) in [5, 5.41) is 9.52. The van der Waals surface area contributed by atoms with E-state index in [-0.39, 0.29) is 0 Å². The summed E-state index contributed by atoms with van der Waals surface area (Å²) in [6, 6.07) is 6.19. The number of hydrogen-bond acceptors (Lipinski definition) is 3. The second-order valence-electron chi connectivity index (χ2n) is 5.34. The van der Waals surface area contributed by atoms with Crippen molar-refractivity contribution in [3.05, 3.63) is 23.8 Å². The largest absolute Gasteiger partial charge is 0.478 e. The second kappa shape index (κ2) is 5.87. The maximum atomic E-state index is 11.6. The normalized spacial score (nSPS) is 23.4. The van der Waals surface area contributed by atoms with Gasteiger partial charge in [0.25, 0.3) is 0 Å². The lowest BCUT2D eigenvalue weighted by Crippen LogP contribution is -2.41. The Hall–Kier alpha value is -1.16. The van der Waals surface area contributed by atoms with Crippen molar-refractivity contribution < 1.29 is 9.90 Å². The minimum atomic E-state index is -0.828. The van der Waals surface area contributed by atoms with Crippen LogP contribution in [0.3, 0.4) is 0 Å². The molecule has 0 bridgehead atoms. The first-order valence-electron chi connectivity index (χ1n) is 6.71. The third-order valence-corrected chi connectivity index (χ3v) is 4.65. The van der Waals surface area contributed by atoms with E-state index >= 15 is 0 Å². The van der Waals surface area contributed by atoms with E-state index in [0.29, 0.717) is 17.5 Å². The highest BCUT2D eigenvalue weighted by Gasteiger charge is 2.27. The van der Waals surface area contributed by atoms with Gasteiger partial charge in [-0.3, -0.25) is 0 Å². The zero-order valence-electron chi connectivity index (χ0n) is 11.7. The summed E-state index contributed by atoms with van der Waals surface area (Å²) in [5.41, 5.74) is 1.33. The minimum Gasteiger partial charge on any atom is -0.478 e. The molecule has 1 aliphatic rings. The highest BCUT2D eigenvalue weighted by atomic mass is 32.2. The van der Waals surface area contributed by atoms with Crippen LogP contribution in [0, 0.1) is 5.92 Å². The highest BCUT2D eigenvalue weighted by Crippen LogP contribution is 2.34. The summed E-state index contributed by atoms with van der Waals surface area (Å²) < 4.78 is 0. The summed E-state index contributed by atoms with van der Waals surface area (Å²) in [6.07, 6.45) is 4.28. The van der Waals surface area contributed by atoms with E-state index in [9.17, 15) is 9.90 Å². The summed E-state index contributed by atoms with van der Waals surface area (Å²) >= 11 is 1.50. The molecule has 3 nitrogen and oxygen atoms in total. The standard InChI is InChI=1S/C15H21NO2S/c1-10-7-8-11(2)16(9-10)12-5-4-6-13(19-3)14(12)15(17)18/h4-6,10-11H,7-9H2,1-3H3,(H,17,18). The van der Waals surface area contributed by atoms with Crippen molar-refractivity contribution in [3.63, 3.8) is 0 Å². The molecule has 0 aromatic heterocycles. The van der Waals surface area contributed by atoms with Crippen molar-refractivity contribution in [2.45, 2.75) is 37.6 Å². The number of carboxylic acids is 1. The molecule has 1 aromatic carbocycles. The SMILES string of the molecule is CSc1cccc(N2CC(C)CCC2C)c1C(=O)O. The first-order valence-corrected chi connectivity index (χ1v) is 7.94. The summed E-state index contributed by atoms with van der Waals surface area (Å²) in [4.78, 5) is 14.7. The maximum absolute atomic E-state index is 11.6. The van der Waals surface area contributed by atoms with Gasteiger partial charge in [-0.1, -0.05) is 13.0 Å². The smallest absolute Gasteiger partial charge is 0.338 e. The number of thioether (sulfide) groups is 1. The Morgan fingerprint density at radius 3 is 2.74 bits per heavy atom. The van der Waals surface area contributed by atoms with Gasteiger partial charge in [-0.15, -0.1) is 11.8 Å². The molecule has 1 aliphatic heterocycles. The van der Waals surface area contributed by atoms with Gasteiger partial charge in [-0.2, -0.15) is 0 Å². The second-order valence-corrected chi connectivity index (χ2v) is 6.19. The first kappa shape index (κ1) is 14.3. The molecule has 4 heteroatoms. The number of rotatable bonds is 3. The molecule has 0 radical (unpaired) electrons. The van der Waals surface area contributed by atoms with Crippen molar-refractivity contribution in [2.24, 2.45) is 5.92 Å². The third-order valence-electron chi connectivity index (χ3n) is 3.87.